The van der Waals surface area contributed by atoms with Gasteiger partial charge in [0.05, 0.1) is 0 Å². The molecule has 39 valence electrons. The van der Waals surface area contributed by atoms with Gasteiger partial charge in [-0.15, -0.1) is 0 Å². The van der Waals surface area contributed by atoms with Gasteiger partial charge in [0.25, 0.3) is 0 Å². The van der Waals surface area contributed by atoms with E-state index >= 15 is 0 Å². The predicted molar refractivity (Wildman–Crippen MR) is 33.8 cm³/mol. The molecule has 0 bridgehead atoms. The van der Waals surface area contributed by atoms with Crippen LogP contribution in [0.15, 0.2) is 0 Å². The van der Waals surface area contributed by atoms with Gasteiger partial charge in [-0.05, 0) is 0 Å². The third-order valence-electron chi connectivity index (χ3n) is 1.57. The Morgan fingerprint density at radius 3 is 1.86 bits per heavy atom. The summed E-state index contributed by atoms with van der Waals surface area (Å²) in [6.07, 6.45) is 8.58. The van der Waals surface area contributed by atoms with E-state index in [9.17, 15) is 0 Å². The molecule has 1 aliphatic heterocycles. The van der Waals surface area contributed by atoms with Crippen LogP contribution in [0.2, 0.25) is 12.6 Å². The molecule has 0 N–H and O–H groups in total. The zero-order valence-electron chi connectivity index (χ0n) is 4.82. The van der Waals surface area contributed by atoms with E-state index in [4.69, 9.17) is 0 Å². The van der Waals surface area contributed by atoms with E-state index in [1.165, 1.54) is 38.3 Å². The largest absolute Gasteiger partial charge is 0.109 e. The second-order valence-corrected chi connectivity index (χ2v) is 2.28. The van der Waals surface area contributed by atoms with Crippen molar-refractivity contribution in [1.82, 2.24) is 0 Å². The van der Waals surface area contributed by atoms with Crippen LogP contribution in [-0.2, 0) is 0 Å². The Kier molecular flexibility index (Phi) is 2.32. The third kappa shape index (κ3) is 2.01. The monoisotopic (exact) mass is 95.1 g/mol. The van der Waals surface area contributed by atoms with E-state index in [2.05, 4.69) is 7.28 Å². The van der Waals surface area contributed by atoms with Crippen molar-refractivity contribution in [3.8, 4) is 0 Å². The summed E-state index contributed by atoms with van der Waals surface area (Å²) in [5, 5.41) is 0. The van der Waals surface area contributed by atoms with E-state index in [1.807, 2.05) is 0 Å². The normalized spacial score (nSPS) is 22.9. The molecular formula is C6H12B. The summed E-state index contributed by atoms with van der Waals surface area (Å²) < 4.78 is 0. The van der Waals surface area contributed by atoms with E-state index in [0.29, 0.717) is 0 Å². The van der Waals surface area contributed by atoms with Crippen molar-refractivity contribution in [2.45, 2.75) is 38.3 Å². The molecule has 0 amide bonds. The first kappa shape index (κ1) is 5.21. The van der Waals surface area contributed by atoms with Crippen LogP contribution in [0.3, 0.4) is 0 Å². The second-order valence-electron chi connectivity index (χ2n) is 2.28. The maximum Gasteiger partial charge on any atom is 0.109 e. The van der Waals surface area contributed by atoms with Gasteiger partial charge in [-0.2, -0.15) is 0 Å². The topological polar surface area (TPSA) is 0 Å². The van der Waals surface area contributed by atoms with Gasteiger partial charge in [-0.1, -0.05) is 38.3 Å². The molecule has 1 saturated heterocycles. The second kappa shape index (κ2) is 3.12. The average Bonchev–Trinajstić information content (AvgIpc) is 1.90. The molecule has 0 saturated carbocycles. The van der Waals surface area contributed by atoms with Crippen LogP contribution in [0.4, 0.5) is 0 Å². The third-order valence-corrected chi connectivity index (χ3v) is 1.57. The molecular weight excluding hydrogens is 82.9 g/mol. The fourth-order valence-corrected chi connectivity index (χ4v) is 1.08. The highest BCUT2D eigenvalue weighted by molar-refractivity contribution is 6.35. The Hall–Kier alpha value is 0.0649. The molecule has 1 aliphatic rings. The molecule has 0 atom stereocenters. The summed E-state index contributed by atoms with van der Waals surface area (Å²) in [6.45, 7) is 0. The van der Waals surface area contributed by atoms with Gasteiger partial charge in [0.2, 0.25) is 0 Å². The predicted octanol–water partition coefficient (Wildman–Crippen LogP) is 2.10. The molecule has 7 heavy (non-hydrogen) atoms. The zero-order chi connectivity index (χ0) is 4.95. The minimum Gasteiger partial charge on any atom is -0.0803 e. The van der Waals surface area contributed by atoms with Crippen LogP contribution < -0.4 is 0 Å². The summed E-state index contributed by atoms with van der Waals surface area (Å²) in [6, 6.07) is 0. The Morgan fingerprint density at radius 1 is 0.714 bits per heavy atom. The van der Waals surface area contributed by atoms with E-state index in [-0.39, 0.29) is 0 Å². The zero-order valence-corrected chi connectivity index (χ0v) is 4.82. The lowest BCUT2D eigenvalue weighted by Gasteiger charge is -1.86. The maximum atomic E-state index is 2.42. The van der Waals surface area contributed by atoms with Crippen molar-refractivity contribution in [3.63, 3.8) is 0 Å². The molecule has 0 aromatic heterocycles. The summed E-state index contributed by atoms with van der Waals surface area (Å²) >= 11 is 0. The number of hydrogen-bond donors (Lipinski definition) is 0. The highest BCUT2D eigenvalue weighted by Gasteiger charge is 1.97. The summed E-state index contributed by atoms with van der Waals surface area (Å²) in [4.78, 5) is 0. The first-order chi connectivity index (χ1) is 3.50. The molecule has 0 aliphatic carbocycles. The summed E-state index contributed by atoms with van der Waals surface area (Å²) in [7, 11) is 2.42. The molecule has 0 spiro atoms. The van der Waals surface area contributed by atoms with Gasteiger partial charge >= 0.3 is 0 Å². The van der Waals surface area contributed by atoms with Crippen molar-refractivity contribution in [2.75, 3.05) is 0 Å². The molecule has 0 unspecified atom stereocenters. The fraction of sp³-hybridized carbons (Fsp3) is 1.00. The number of hydrogen-bond acceptors (Lipinski definition) is 0. The SMILES string of the molecule is [B]1CCCCCC1. The van der Waals surface area contributed by atoms with E-state index < -0.39 is 0 Å². The summed E-state index contributed by atoms with van der Waals surface area (Å²) in [5.74, 6) is 0. The molecule has 0 aromatic rings. The van der Waals surface area contributed by atoms with Crippen LogP contribution in [0.1, 0.15) is 25.7 Å². The van der Waals surface area contributed by atoms with Crippen LogP contribution in [0.5, 0.6) is 0 Å². The number of rotatable bonds is 0. The van der Waals surface area contributed by atoms with Gasteiger partial charge in [0.1, 0.15) is 7.28 Å². The van der Waals surface area contributed by atoms with Gasteiger partial charge in [0, 0.05) is 0 Å². The highest BCUT2D eigenvalue weighted by Crippen LogP contribution is 2.11. The van der Waals surface area contributed by atoms with Crippen LogP contribution in [0, 0.1) is 0 Å². The van der Waals surface area contributed by atoms with Crippen molar-refractivity contribution >= 4 is 7.28 Å². The quantitative estimate of drug-likeness (QED) is 0.404. The standard InChI is InChI=1S/C6H12B/c1-2-4-6-7-5-3-1/h1-6H2. The van der Waals surface area contributed by atoms with Crippen molar-refractivity contribution in [3.05, 3.63) is 0 Å². The van der Waals surface area contributed by atoms with Crippen molar-refractivity contribution in [1.29, 1.82) is 0 Å². The molecule has 0 aromatic carbocycles. The minimum absolute atomic E-state index is 1.38. The summed E-state index contributed by atoms with van der Waals surface area (Å²) in [5.41, 5.74) is 0. The van der Waals surface area contributed by atoms with E-state index in [1.54, 1.807) is 0 Å². The van der Waals surface area contributed by atoms with Gasteiger partial charge in [0.15, 0.2) is 0 Å². The smallest absolute Gasteiger partial charge is 0.0803 e. The van der Waals surface area contributed by atoms with Crippen LogP contribution >= 0.6 is 0 Å². The van der Waals surface area contributed by atoms with Gasteiger partial charge < -0.3 is 0 Å². The minimum atomic E-state index is 1.38. The lowest BCUT2D eigenvalue weighted by Crippen LogP contribution is -1.81. The first-order valence-electron chi connectivity index (χ1n) is 3.32. The van der Waals surface area contributed by atoms with Gasteiger partial charge in [-0.3, -0.25) is 0 Å². The average molecular weight is 95.0 g/mol. The Morgan fingerprint density at radius 2 is 1.29 bits per heavy atom. The molecule has 1 heteroatoms. The maximum absolute atomic E-state index is 2.42. The molecule has 1 fully saturated rings. The lowest BCUT2D eigenvalue weighted by molar-refractivity contribution is 0.720. The molecule has 1 radical (unpaired) electrons. The van der Waals surface area contributed by atoms with Crippen LogP contribution in [0.25, 0.3) is 0 Å². The molecule has 1 heterocycles. The fourth-order valence-electron chi connectivity index (χ4n) is 1.08. The molecule has 1 rings (SSSR count). The first-order valence-corrected chi connectivity index (χ1v) is 3.32. The van der Waals surface area contributed by atoms with Gasteiger partial charge in [-0.25, -0.2) is 0 Å². The van der Waals surface area contributed by atoms with Crippen molar-refractivity contribution in [2.24, 2.45) is 0 Å². The Labute approximate surface area is 46.5 Å². The molecule has 0 nitrogen and oxygen atoms in total. The lowest BCUT2D eigenvalue weighted by atomic mass is 9.71. The highest BCUT2D eigenvalue weighted by atomic mass is 13.9. The van der Waals surface area contributed by atoms with Crippen molar-refractivity contribution < 1.29 is 0 Å². The Balaban J connectivity index is 2.04. The van der Waals surface area contributed by atoms with E-state index in [0.717, 1.165) is 0 Å². The van der Waals surface area contributed by atoms with Crippen LogP contribution in [-0.4, -0.2) is 7.28 Å². The Bertz CT molecular complexity index is 23.8.